The van der Waals surface area contributed by atoms with Gasteiger partial charge in [-0.2, -0.15) is 5.26 Å². The molecule has 0 radical (unpaired) electrons. The molecule has 23 heavy (non-hydrogen) atoms. The van der Waals surface area contributed by atoms with Crippen molar-refractivity contribution in [1.82, 2.24) is 9.55 Å². The Labute approximate surface area is 130 Å². The van der Waals surface area contributed by atoms with Crippen molar-refractivity contribution in [2.24, 2.45) is 0 Å². The minimum absolute atomic E-state index is 0.225. The van der Waals surface area contributed by atoms with E-state index in [1.54, 1.807) is 6.20 Å². The van der Waals surface area contributed by atoms with Gasteiger partial charge in [0.2, 0.25) is 0 Å². The number of carboxylic acid groups (broad SMARTS) is 1. The number of nitriles is 1. The quantitative estimate of drug-likeness (QED) is 0.805. The standard InChI is InChI=1S/C17H10FN3O2/c18-15-8-20-16(6-13(15)17(22)23)21-9-12(7-19)14(10-21)11-4-2-1-3-5-11/h1-6,8-10H,(H,22,23). The lowest BCUT2D eigenvalue weighted by Crippen LogP contribution is -2.04. The van der Waals surface area contributed by atoms with E-state index < -0.39 is 17.3 Å². The van der Waals surface area contributed by atoms with Crippen LogP contribution in [-0.4, -0.2) is 20.6 Å². The lowest BCUT2D eigenvalue weighted by atomic mass is 10.1. The second-order valence-corrected chi connectivity index (χ2v) is 4.80. The van der Waals surface area contributed by atoms with Gasteiger partial charge in [-0.15, -0.1) is 0 Å². The molecule has 0 spiro atoms. The third kappa shape index (κ3) is 2.68. The number of benzene rings is 1. The molecule has 3 rings (SSSR count). The third-order valence-electron chi connectivity index (χ3n) is 3.37. The van der Waals surface area contributed by atoms with E-state index in [-0.39, 0.29) is 5.82 Å². The van der Waals surface area contributed by atoms with Crippen LogP contribution in [0.15, 0.2) is 55.0 Å². The molecule has 0 aliphatic rings. The average molecular weight is 307 g/mol. The number of aromatic carboxylic acids is 1. The minimum atomic E-state index is -1.37. The molecule has 0 atom stereocenters. The van der Waals surface area contributed by atoms with Crippen LogP contribution in [0.2, 0.25) is 0 Å². The van der Waals surface area contributed by atoms with Gasteiger partial charge in [-0.05, 0) is 11.6 Å². The van der Waals surface area contributed by atoms with E-state index >= 15 is 0 Å². The van der Waals surface area contributed by atoms with E-state index in [0.717, 1.165) is 17.8 Å². The summed E-state index contributed by atoms with van der Waals surface area (Å²) in [5.41, 5.74) is 1.49. The van der Waals surface area contributed by atoms with Gasteiger partial charge < -0.3 is 9.67 Å². The summed E-state index contributed by atoms with van der Waals surface area (Å²) in [7, 11) is 0. The van der Waals surface area contributed by atoms with Crippen molar-refractivity contribution >= 4 is 5.97 Å². The first-order chi connectivity index (χ1) is 11.1. The maximum atomic E-state index is 13.4. The number of aromatic nitrogens is 2. The highest BCUT2D eigenvalue weighted by Gasteiger charge is 2.15. The maximum absolute atomic E-state index is 13.4. The third-order valence-corrected chi connectivity index (χ3v) is 3.37. The zero-order chi connectivity index (χ0) is 16.4. The van der Waals surface area contributed by atoms with Crippen molar-refractivity contribution in [3.05, 3.63) is 71.9 Å². The number of carboxylic acids is 1. The Morgan fingerprint density at radius 2 is 2.00 bits per heavy atom. The van der Waals surface area contributed by atoms with Gasteiger partial charge in [-0.3, -0.25) is 0 Å². The van der Waals surface area contributed by atoms with Gasteiger partial charge in [0.15, 0.2) is 5.82 Å². The molecular weight excluding hydrogens is 297 g/mol. The van der Waals surface area contributed by atoms with Crippen molar-refractivity contribution in [2.45, 2.75) is 0 Å². The molecule has 3 aromatic rings. The molecular formula is C17H10FN3O2. The molecule has 0 unspecified atom stereocenters. The molecule has 2 aromatic heterocycles. The Kier molecular flexibility index (Phi) is 3.61. The summed E-state index contributed by atoms with van der Waals surface area (Å²) in [5.74, 6) is -2.05. The molecule has 112 valence electrons. The fraction of sp³-hybridized carbons (Fsp3) is 0. The highest BCUT2D eigenvalue weighted by Crippen LogP contribution is 2.26. The Hall–Kier alpha value is -3.46. The lowest BCUT2D eigenvalue weighted by molar-refractivity contribution is 0.0691. The first kappa shape index (κ1) is 14.5. The minimum Gasteiger partial charge on any atom is -0.478 e. The van der Waals surface area contributed by atoms with Crippen molar-refractivity contribution < 1.29 is 14.3 Å². The van der Waals surface area contributed by atoms with Gasteiger partial charge in [0.25, 0.3) is 0 Å². The van der Waals surface area contributed by atoms with Crippen molar-refractivity contribution in [2.75, 3.05) is 0 Å². The highest BCUT2D eigenvalue weighted by atomic mass is 19.1. The van der Waals surface area contributed by atoms with Crippen molar-refractivity contribution in [3.63, 3.8) is 0 Å². The summed E-state index contributed by atoms with van der Waals surface area (Å²) in [4.78, 5) is 14.9. The molecule has 0 amide bonds. The van der Waals surface area contributed by atoms with Gasteiger partial charge in [0.1, 0.15) is 17.5 Å². The average Bonchev–Trinajstić information content (AvgIpc) is 3.00. The van der Waals surface area contributed by atoms with E-state index in [2.05, 4.69) is 11.1 Å². The largest absolute Gasteiger partial charge is 0.478 e. The van der Waals surface area contributed by atoms with E-state index in [9.17, 15) is 14.4 Å². The molecule has 0 aliphatic heterocycles. The summed E-state index contributed by atoms with van der Waals surface area (Å²) in [6.07, 6.45) is 4.06. The number of halogens is 1. The first-order valence-electron chi connectivity index (χ1n) is 6.67. The Morgan fingerprint density at radius 3 is 2.65 bits per heavy atom. The lowest BCUT2D eigenvalue weighted by Gasteiger charge is -2.04. The second kappa shape index (κ2) is 5.73. The first-order valence-corrected chi connectivity index (χ1v) is 6.67. The Morgan fingerprint density at radius 1 is 1.26 bits per heavy atom. The van der Waals surface area contributed by atoms with Crippen LogP contribution in [0.1, 0.15) is 15.9 Å². The van der Waals surface area contributed by atoms with Crippen LogP contribution in [0.3, 0.4) is 0 Å². The van der Waals surface area contributed by atoms with Crippen LogP contribution >= 0.6 is 0 Å². The van der Waals surface area contributed by atoms with E-state index in [1.807, 2.05) is 30.3 Å². The SMILES string of the molecule is N#Cc1cn(-c2cc(C(=O)O)c(F)cn2)cc1-c1ccccc1. The normalized spacial score (nSPS) is 10.3. The van der Waals surface area contributed by atoms with E-state index in [4.69, 9.17) is 5.11 Å². The van der Waals surface area contributed by atoms with Crippen LogP contribution in [0, 0.1) is 17.1 Å². The van der Waals surface area contributed by atoms with Crippen LogP contribution in [-0.2, 0) is 0 Å². The van der Waals surface area contributed by atoms with Gasteiger partial charge in [-0.25, -0.2) is 14.2 Å². The number of hydrogen-bond donors (Lipinski definition) is 1. The summed E-state index contributed by atoms with van der Waals surface area (Å²) >= 11 is 0. The molecule has 0 aliphatic carbocycles. The number of hydrogen-bond acceptors (Lipinski definition) is 3. The van der Waals surface area contributed by atoms with E-state index in [1.165, 1.54) is 10.8 Å². The van der Waals surface area contributed by atoms with Crippen LogP contribution < -0.4 is 0 Å². The second-order valence-electron chi connectivity index (χ2n) is 4.80. The van der Waals surface area contributed by atoms with Crippen LogP contribution in [0.25, 0.3) is 16.9 Å². The molecule has 0 saturated carbocycles. The van der Waals surface area contributed by atoms with Gasteiger partial charge in [-0.1, -0.05) is 30.3 Å². The van der Waals surface area contributed by atoms with Crippen LogP contribution in [0.4, 0.5) is 4.39 Å². The topological polar surface area (TPSA) is 78.9 Å². The maximum Gasteiger partial charge on any atom is 0.338 e. The van der Waals surface area contributed by atoms with Crippen LogP contribution in [0.5, 0.6) is 0 Å². The number of nitrogens with zero attached hydrogens (tertiary/aromatic N) is 3. The number of rotatable bonds is 3. The zero-order valence-corrected chi connectivity index (χ0v) is 11.8. The number of pyridine rings is 1. The highest BCUT2D eigenvalue weighted by molar-refractivity contribution is 5.88. The summed E-state index contributed by atoms with van der Waals surface area (Å²) in [6, 6.07) is 12.5. The number of carbonyl (C=O) groups is 1. The Bertz CT molecular complexity index is 927. The fourth-order valence-electron chi connectivity index (χ4n) is 2.26. The van der Waals surface area contributed by atoms with Gasteiger partial charge in [0.05, 0.1) is 11.8 Å². The van der Waals surface area contributed by atoms with Crippen molar-refractivity contribution in [1.29, 1.82) is 5.26 Å². The predicted octanol–water partition coefficient (Wildman–Crippen LogP) is 3.25. The van der Waals surface area contributed by atoms with Gasteiger partial charge >= 0.3 is 5.97 Å². The molecule has 0 saturated heterocycles. The summed E-state index contributed by atoms with van der Waals surface area (Å²) < 4.78 is 15.0. The molecule has 1 N–H and O–H groups in total. The van der Waals surface area contributed by atoms with E-state index in [0.29, 0.717) is 11.1 Å². The molecule has 0 bridgehead atoms. The van der Waals surface area contributed by atoms with Gasteiger partial charge in [0, 0.05) is 18.0 Å². The molecule has 0 fully saturated rings. The zero-order valence-electron chi connectivity index (χ0n) is 11.8. The molecule has 6 heteroatoms. The monoisotopic (exact) mass is 307 g/mol. The molecule has 5 nitrogen and oxygen atoms in total. The molecule has 2 heterocycles. The molecule has 1 aromatic carbocycles. The fourth-order valence-corrected chi connectivity index (χ4v) is 2.26. The summed E-state index contributed by atoms with van der Waals surface area (Å²) in [5, 5.41) is 18.3. The Balaban J connectivity index is 2.13. The summed E-state index contributed by atoms with van der Waals surface area (Å²) in [6.45, 7) is 0. The van der Waals surface area contributed by atoms with Crippen molar-refractivity contribution in [3.8, 4) is 23.0 Å². The predicted molar refractivity (Wildman–Crippen MR) is 80.6 cm³/mol. The smallest absolute Gasteiger partial charge is 0.338 e.